The molecule has 0 saturated carbocycles. The molecule has 2 nitrogen and oxygen atoms in total. The first-order chi connectivity index (χ1) is 4.83. The van der Waals surface area contributed by atoms with E-state index in [9.17, 15) is 0 Å². The highest BCUT2D eigenvalue weighted by atomic mass is 16.5. The Bertz CT molecular complexity index is 121. The van der Waals surface area contributed by atoms with Gasteiger partial charge in [-0.3, -0.25) is 0 Å². The van der Waals surface area contributed by atoms with Crippen LogP contribution in [0.2, 0.25) is 0 Å². The molecule has 0 bridgehead atoms. The summed E-state index contributed by atoms with van der Waals surface area (Å²) in [5, 5.41) is 10.4. The molecular formula is C8H15NO. The maximum atomic E-state index is 9.00. The first-order valence-corrected chi connectivity index (χ1v) is 3.94. The molecule has 0 amide bonds. The van der Waals surface area contributed by atoms with Gasteiger partial charge in [0, 0.05) is 13.1 Å². The SMILES string of the molecule is CCC=C1CCN(O)CC1. The summed E-state index contributed by atoms with van der Waals surface area (Å²) in [4.78, 5) is 0. The lowest BCUT2D eigenvalue weighted by Gasteiger charge is -2.21. The molecule has 0 aromatic heterocycles. The van der Waals surface area contributed by atoms with E-state index in [0.717, 1.165) is 32.4 Å². The van der Waals surface area contributed by atoms with Gasteiger partial charge in [0.15, 0.2) is 0 Å². The molecule has 1 aliphatic heterocycles. The normalized spacial score (nSPS) is 21.2. The molecule has 58 valence electrons. The van der Waals surface area contributed by atoms with Gasteiger partial charge in [0.2, 0.25) is 0 Å². The van der Waals surface area contributed by atoms with Crippen LogP contribution in [-0.4, -0.2) is 23.4 Å². The average Bonchev–Trinajstić information content (AvgIpc) is 1.95. The van der Waals surface area contributed by atoms with Gasteiger partial charge in [-0.15, -0.1) is 0 Å². The van der Waals surface area contributed by atoms with Crippen molar-refractivity contribution in [1.82, 2.24) is 5.06 Å². The van der Waals surface area contributed by atoms with Gasteiger partial charge >= 0.3 is 0 Å². The number of rotatable bonds is 1. The molecule has 1 fully saturated rings. The molecule has 0 aliphatic carbocycles. The topological polar surface area (TPSA) is 23.5 Å². The van der Waals surface area contributed by atoms with Gasteiger partial charge in [-0.05, 0) is 19.3 Å². The summed E-state index contributed by atoms with van der Waals surface area (Å²) >= 11 is 0. The first-order valence-electron chi connectivity index (χ1n) is 3.94. The van der Waals surface area contributed by atoms with E-state index in [0.29, 0.717) is 0 Å². The second-order valence-electron chi connectivity index (χ2n) is 2.72. The molecule has 0 aromatic carbocycles. The van der Waals surface area contributed by atoms with Crippen LogP contribution in [0.3, 0.4) is 0 Å². The van der Waals surface area contributed by atoms with Gasteiger partial charge in [-0.25, -0.2) is 0 Å². The number of allylic oxidation sites excluding steroid dienone is 1. The standard InChI is InChI=1S/C8H15NO/c1-2-3-8-4-6-9(10)7-5-8/h3,10H,2,4-7H2,1H3. The Morgan fingerprint density at radius 2 is 2.10 bits per heavy atom. The molecule has 0 atom stereocenters. The maximum Gasteiger partial charge on any atom is 0.0275 e. The summed E-state index contributed by atoms with van der Waals surface area (Å²) in [6.07, 6.45) is 5.49. The van der Waals surface area contributed by atoms with Crippen LogP contribution in [0.5, 0.6) is 0 Å². The fourth-order valence-corrected chi connectivity index (χ4v) is 1.27. The molecule has 1 saturated heterocycles. The minimum Gasteiger partial charge on any atom is -0.314 e. The van der Waals surface area contributed by atoms with Gasteiger partial charge in [-0.2, -0.15) is 5.06 Å². The van der Waals surface area contributed by atoms with E-state index >= 15 is 0 Å². The van der Waals surface area contributed by atoms with Gasteiger partial charge in [0.1, 0.15) is 0 Å². The molecule has 1 aliphatic rings. The van der Waals surface area contributed by atoms with Crippen molar-refractivity contribution in [3.8, 4) is 0 Å². The zero-order valence-electron chi connectivity index (χ0n) is 6.51. The summed E-state index contributed by atoms with van der Waals surface area (Å²) in [5.41, 5.74) is 1.51. The number of piperidine rings is 1. The largest absolute Gasteiger partial charge is 0.314 e. The second kappa shape index (κ2) is 3.74. The van der Waals surface area contributed by atoms with E-state index in [1.165, 1.54) is 10.6 Å². The van der Waals surface area contributed by atoms with Crippen LogP contribution < -0.4 is 0 Å². The van der Waals surface area contributed by atoms with Crippen LogP contribution in [-0.2, 0) is 0 Å². The third-order valence-electron chi connectivity index (χ3n) is 1.87. The molecule has 10 heavy (non-hydrogen) atoms. The zero-order chi connectivity index (χ0) is 7.40. The van der Waals surface area contributed by atoms with Gasteiger partial charge in [-0.1, -0.05) is 18.6 Å². The Kier molecular flexibility index (Phi) is 2.90. The van der Waals surface area contributed by atoms with Crippen molar-refractivity contribution in [2.24, 2.45) is 0 Å². The third kappa shape index (κ3) is 2.12. The van der Waals surface area contributed by atoms with Crippen LogP contribution in [0.1, 0.15) is 26.2 Å². The fraction of sp³-hybridized carbons (Fsp3) is 0.750. The molecule has 1 rings (SSSR count). The lowest BCUT2D eigenvalue weighted by atomic mass is 10.0. The van der Waals surface area contributed by atoms with Gasteiger partial charge < -0.3 is 5.21 Å². The van der Waals surface area contributed by atoms with Crippen LogP contribution >= 0.6 is 0 Å². The van der Waals surface area contributed by atoms with Crippen LogP contribution in [0, 0.1) is 0 Å². The molecular weight excluding hydrogens is 126 g/mol. The minimum atomic E-state index is 0.811. The monoisotopic (exact) mass is 141 g/mol. The molecule has 1 N–H and O–H groups in total. The Morgan fingerprint density at radius 3 is 2.60 bits per heavy atom. The lowest BCUT2D eigenvalue weighted by molar-refractivity contribution is -0.0959. The fourth-order valence-electron chi connectivity index (χ4n) is 1.27. The Morgan fingerprint density at radius 1 is 1.50 bits per heavy atom. The smallest absolute Gasteiger partial charge is 0.0275 e. The number of nitrogens with zero attached hydrogens (tertiary/aromatic N) is 1. The zero-order valence-corrected chi connectivity index (χ0v) is 6.51. The van der Waals surface area contributed by atoms with Crippen LogP contribution in [0.15, 0.2) is 11.6 Å². The Hall–Kier alpha value is -0.340. The van der Waals surface area contributed by atoms with E-state index in [4.69, 9.17) is 5.21 Å². The van der Waals surface area contributed by atoms with E-state index < -0.39 is 0 Å². The molecule has 1 heterocycles. The highest BCUT2D eigenvalue weighted by Crippen LogP contribution is 2.14. The summed E-state index contributed by atoms with van der Waals surface area (Å²) < 4.78 is 0. The average molecular weight is 141 g/mol. The molecule has 0 radical (unpaired) electrons. The quantitative estimate of drug-likeness (QED) is 0.563. The van der Waals surface area contributed by atoms with E-state index in [2.05, 4.69) is 13.0 Å². The van der Waals surface area contributed by atoms with E-state index in [1.807, 2.05) is 0 Å². The molecule has 2 heteroatoms. The molecule has 0 unspecified atom stereocenters. The highest BCUT2D eigenvalue weighted by molar-refractivity contribution is 5.04. The maximum absolute atomic E-state index is 9.00. The second-order valence-corrected chi connectivity index (χ2v) is 2.72. The predicted molar refractivity (Wildman–Crippen MR) is 41.0 cm³/mol. The first kappa shape index (κ1) is 7.76. The van der Waals surface area contributed by atoms with Crippen molar-refractivity contribution >= 4 is 0 Å². The highest BCUT2D eigenvalue weighted by Gasteiger charge is 2.09. The molecule has 0 aromatic rings. The minimum absolute atomic E-state index is 0.811. The van der Waals surface area contributed by atoms with Crippen molar-refractivity contribution in [3.05, 3.63) is 11.6 Å². The van der Waals surface area contributed by atoms with E-state index in [-0.39, 0.29) is 0 Å². The Balaban J connectivity index is 2.32. The van der Waals surface area contributed by atoms with Crippen molar-refractivity contribution in [3.63, 3.8) is 0 Å². The van der Waals surface area contributed by atoms with Crippen molar-refractivity contribution in [2.75, 3.05) is 13.1 Å². The van der Waals surface area contributed by atoms with Crippen molar-refractivity contribution in [2.45, 2.75) is 26.2 Å². The third-order valence-corrected chi connectivity index (χ3v) is 1.87. The Labute approximate surface area is 62.1 Å². The number of hydrogen-bond donors (Lipinski definition) is 1. The molecule has 0 spiro atoms. The van der Waals surface area contributed by atoms with Gasteiger partial charge in [0.25, 0.3) is 0 Å². The van der Waals surface area contributed by atoms with Crippen molar-refractivity contribution in [1.29, 1.82) is 0 Å². The predicted octanol–water partition coefficient (Wildman–Crippen LogP) is 1.81. The van der Waals surface area contributed by atoms with E-state index in [1.54, 1.807) is 0 Å². The lowest BCUT2D eigenvalue weighted by Crippen LogP contribution is -2.26. The summed E-state index contributed by atoms with van der Waals surface area (Å²) in [6.45, 7) is 3.77. The summed E-state index contributed by atoms with van der Waals surface area (Å²) in [7, 11) is 0. The van der Waals surface area contributed by atoms with Gasteiger partial charge in [0.05, 0.1) is 0 Å². The van der Waals surface area contributed by atoms with Crippen LogP contribution in [0.4, 0.5) is 0 Å². The summed E-state index contributed by atoms with van der Waals surface area (Å²) in [6, 6.07) is 0. The number of hydroxylamine groups is 2. The number of hydrogen-bond acceptors (Lipinski definition) is 2. The van der Waals surface area contributed by atoms with Crippen LogP contribution in [0.25, 0.3) is 0 Å². The van der Waals surface area contributed by atoms with Crippen molar-refractivity contribution < 1.29 is 5.21 Å². The summed E-state index contributed by atoms with van der Waals surface area (Å²) in [5.74, 6) is 0.